The van der Waals surface area contributed by atoms with Crippen LogP contribution in [-0.4, -0.2) is 12.0 Å². The first-order valence-corrected chi connectivity index (χ1v) is 6.54. The van der Waals surface area contributed by atoms with Crippen LogP contribution in [0.4, 0.5) is 4.39 Å². The molecule has 1 aromatic carbocycles. The van der Waals surface area contributed by atoms with Gasteiger partial charge in [0.25, 0.3) is 0 Å². The number of pyridine rings is 1. The minimum Gasteiger partial charge on any atom is -0.312 e. The third kappa shape index (κ3) is 2.94. The minimum atomic E-state index is -0.388. The molecule has 0 radical (unpaired) electrons. The van der Waals surface area contributed by atoms with Crippen LogP contribution in [-0.2, 0) is 0 Å². The highest BCUT2D eigenvalue weighted by Gasteiger charge is 2.22. The largest absolute Gasteiger partial charge is 0.312 e. The van der Waals surface area contributed by atoms with E-state index in [4.69, 9.17) is 11.6 Å². The van der Waals surface area contributed by atoms with Gasteiger partial charge < -0.3 is 5.32 Å². The normalized spacial score (nSPS) is 14.1. The number of halogens is 2. The number of nitrogens with one attached hydrogen (secondary N) is 1. The molecule has 0 aliphatic heterocycles. The lowest BCUT2D eigenvalue weighted by molar-refractivity contribution is 0.503. The van der Waals surface area contributed by atoms with Gasteiger partial charge in [0.2, 0.25) is 0 Å². The summed E-state index contributed by atoms with van der Waals surface area (Å²) in [6, 6.07) is 8.77. The highest BCUT2D eigenvalue weighted by Crippen LogP contribution is 2.34. The van der Waals surface area contributed by atoms with Crippen LogP contribution >= 0.6 is 11.6 Å². The first kappa shape index (κ1) is 14.0. The van der Waals surface area contributed by atoms with Gasteiger partial charge in [-0.3, -0.25) is 4.98 Å². The summed E-state index contributed by atoms with van der Waals surface area (Å²) in [5.41, 5.74) is 1.91. The number of nitrogens with zero attached hydrogens (tertiary/aromatic N) is 1. The third-order valence-electron chi connectivity index (χ3n) is 3.36. The van der Waals surface area contributed by atoms with Gasteiger partial charge in [-0.25, -0.2) is 4.39 Å². The Morgan fingerprint density at radius 1 is 1.21 bits per heavy atom. The highest BCUT2D eigenvalue weighted by atomic mass is 35.5. The summed E-state index contributed by atoms with van der Waals surface area (Å²) in [4.78, 5) is 4.01. The van der Waals surface area contributed by atoms with Crippen molar-refractivity contribution in [1.29, 1.82) is 0 Å². The monoisotopic (exact) mass is 278 g/mol. The maximum atomic E-state index is 13.6. The summed E-state index contributed by atoms with van der Waals surface area (Å²) in [7, 11) is 1.85. The molecule has 2 nitrogen and oxygen atoms in total. The van der Waals surface area contributed by atoms with Crippen LogP contribution in [0.25, 0.3) is 0 Å². The molecular weight excluding hydrogens is 263 g/mol. The molecule has 2 rings (SSSR count). The van der Waals surface area contributed by atoms with Crippen molar-refractivity contribution in [3.63, 3.8) is 0 Å². The van der Waals surface area contributed by atoms with Gasteiger partial charge in [-0.2, -0.15) is 0 Å². The SMILES string of the molecule is CNC(c1cccc(F)c1Cl)C(C)c1ccncc1. The summed E-state index contributed by atoms with van der Waals surface area (Å²) in [5.74, 6) is -0.228. The number of likely N-dealkylation sites (N-methyl/N-ethyl adjacent to an activating group) is 1. The van der Waals surface area contributed by atoms with Crippen molar-refractivity contribution in [3.8, 4) is 0 Å². The Morgan fingerprint density at radius 2 is 1.89 bits per heavy atom. The van der Waals surface area contributed by atoms with E-state index >= 15 is 0 Å². The van der Waals surface area contributed by atoms with Gasteiger partial charge in [-0.05, 0) is 36.4 Å². The lowest BCUT2D eigenvalue weighted by Crippen LogP contribution is -2.22. The molecule has 100 valence electrons. The van der Waals surface area contributed by atoms with Crippen molar-refractivity contribution in [2.24, 2.45) is 0 Å². The molecular formula is C15H16ClFN2. The fraction of sp³-hybridized carbons (Fsp3) is 0.267. The second-order valence-electron chi connectivity index (χ2n) is 4.48. The predicted molar refractivity (Wildman–Crippen MR) is 75.9 cm³/mol. The first-order valence-electron chi connectivity index (χ1n) is 6.16. The molecule has 0 saturated carbocycles. The van der Waals surface area contributed by atoms with Crippen LogP contribution in [0.15, 0.2) is 42.7 Å². The molecule has 1 heterocycles. The topological polar surface area (TPSA) is 24.9 Å². The highest BCUT2D eigenvalue weighted by molar-refractivity contribution is 6.31. The molecule has 0 aliphatic carbocycles. The Morgan fingerprint density at radius 3 is 2.53 bits per heavy atom. The molecule has 0 saturated heterocycles. The average molecular weight is 279 g/mol. The zero-order valence-electron chi connectivity index (χ0n) is 10.9. The van der Waals surface area contributed by atoms with E-state index < -0.39 is 0 Å². The summed E-state index contributed by atoms with van der Waals surface area (Å²) in [6.07, 6.45) is 3.51. The number of benzene rings is 1. The summed E-state index contributed by atoms with van der Waals surface area (Å²) in [6.45, 7) is 2.08. The molecule has 4 heteroatoms. The van der Waals surface area contributed by atoms with Gasteiger partial charge in [0.15, 0.2) is 0 Å². The van der Waals surface area contributed by atoms with Crippen molar-refractivity contribution in [2.45, 2.75) is 18.9 Å². The number of hydrogen-bond acceptors (Lipinski definition) is 2. The first-order chi connectivity index (χ1) is 9.15. The van der Waals surface area contributed by atoms with Crippen LogP contribution in [0, 0.1) is 5.82 Å². The van der Waals surface area contributed by atoms with Crippen LogP contribution in [0.3, 0.4) is 0 Å². The van der Waals surface area contributed by atoms with Gasteiger partial charge in [0, 0.05) is 24.4 Å². The molecule has 2 unspecified atom stereocenters. The summed E-state index contributed by atoms with van der Waals surface area (Å²) >= 11 is 6.07. The van der Waals surface area contributed by atoms with E-state index in [1.165, 1.54) is 6.07 Å². The second kappa shape index (κ2) is 6.13. The smallest absolute Gasteiger partial charge is 0.142 e. The molecule has 1 N–H and O–H groups in total. The molecule has 19 heavy (non-hydrogen) atoms. The Bertz CT molecular complexity index is 545. The van der Waals surface area contributed by atoms with Gasteiger partial charge in [0.05, 0.1) is 5.02 Å². The zero-order chi connectivity index (χ0) is 13.8. The Balaban J connectivity index is 2.37. The van der Waals surface area contributed by atoms with Gasteiger partial charge in [0.1, 0.15) is 5.82 Å². The molecule has 0 bridgehead atoms. The fourth-order valence-electron chi connectivity index (χ4n) is 2.29. The van der Waals surface area contributed by atoms with Crippen molar-refractivity contribution in [1.82, 2.24) is 10.3 Å². The van der Waals surface area contributed by atoms with Crippen molar-refractivity contribution < 1.29 is 4.39 Å². The van der Waals surface area contributed by atoms with Crippen LogP contribution in [0.2, 0.25) is 5.02 Å². The summed E-state index contributed by atoms with van der Waals surface area (Å²) < 4.78 is 13.6. The van der Waals surface area contributed by atoms with E-state index in [1.54, 1.807) is 18.5 Å². The van der Waals surface area contributed by atoms with E-state index in [0.717, 1.165) is 11.1 Å². The van der Waals surface area contributed by atoms with E-state index in [2.05, 4.69) is 17.2 Å². The van der Waals surface area contributed by atoms with E-state index in [1.807, 2.05) is 25.2 Å². The third-order valence-corrected chi connectivity index (χ3v) is 3.76. The van der Waals surface area contributed by atoms with Gasteiger partial charge >= 0.3 is 0 Å². The maximum absolute atomic E-state index is 13.6. The quantitative estimate of drug-likeness (QED) is 0.916. The van der Waals surface area contributed by atoms with Crippen molar-refractivity contribution in [3.05, 3.63) is 64.7 Å². The standard InChI is InChI=1S/C15H16ClFN2/c1-10(11-6-8-19-9-7-11)15(18-2)12-4-3-5-13(17)14(12)16/h3-10,15,18H,1-2H3. The molecule has 1 aromatic heterocycles. The average Bonchev–Trinajstić information content (AvgIpc) is 2.45. The molecule has 2 atom stereocenters. The number of rotatable bonds is 4. The Labute approximate surface area is 117 Å². The lowest BCUT2D eigenvalue weighted by Gasteiger charge is -2.25. The molecule has 2 aromatic rings. The van der Waals surface area contributed by atoms with Crippen LogP contribution in [0.5, 0.6) is 0 Å². The molecule has 0 aliphatic rings. The van der Waals surface area contributed by atoms with E-state index in [0.29, 0.717) is 0 Å². The second-order valence-corrected chi connectivity index (χ2v) is 4.86. The van der Waals surface area contributed by atoms with E-state index in [-0.39, 0.29) is 22.8 Å². The fourth-order valence-corrected chi connectivity index (χ4v) is 2.54. The van der Waals surface area contributed by atoms with Gasteiger partial charge in [-0.15, -0.1) is 0 Å². The molecule has 0 amide bonds. The van der Waals surface area contributed by atoms with E-state index in [9.17, 15) is 4.39 Å². The lowest BCUT2D eigenvalue weighted by atomic mass is 9.89. The predicted octanol–water partition coefficient (Wildman–Crippen LogP) is 3.94. The maximum Gasteiger partial charge on any atom is 0.142 e. The zero-order valence-corrected chi connectivity index (χ0v) is 11.7. The molecule has 0 spiro atoms. The number of hydrogen-bond donors (Lipinski definition) is 1. The van der Waals surface area contributed by atoms with Crippen LogP contribution in [0.1, 0.15) is 30.0 Å². The van der Waals surface area contributed by atoms with Crippen molar-refractivity contribution in [2.75, 3.05) is 7.05 Å². The number of aromatic nitrogens is 1. The van der Waals surface area contributed by atoms with Crippen molar-refractivity contribution >= 4 is 11.6 Å². The summed E-state index contributed by atoms with van der Waals surface area (Å²) in [5, 5.41) is 3.40. The Hall–Kier alpha value is -1.45. The molecule has 0 fully saturated rings. The minimum absolute atomic E-state index is 0.0504. The van der Waals surface area contributed by atoms with Gasteiger partial charge in [-0.1, -0.05) is 30.7 Å². The Kier molecular flexibility index (Phi) is 4.51. The van der Waals surface area contributed by atoms with Crippen LogP contribution < -0.4 is 5.32 Å².